The minimum Gasteiger partial charge on any atom is -0.455 e. The van der Waals surface area contributed by atoms with Crippen molar-refractivity contribution in [2.24, 2.45) is 0 Å². The number of nitrogens with zero attached hydrogens (tertiary/aromatic N) is 2. The van der Waals surface area contributed by atoms with Gasteiger partial charge in [0.05, 0.1) is 21.6 Å². The monoisotopic (exact) mass is 381 g/mol. The van der Waals surface area contributed by atoms with E-state index in [0.29, 0.717) is 10.9 Å². The van der Waals surface area contributed by atoms with Crippen LogP contribution in [-0.2, 0) is 16.0 Å². The molecule has 1 N–H and O–H groups in total. The van der Waals surface area contributed by atoms with Crippen molar-refractivity contribution in [2.75, 3.05) is 0 Å². The van der Waals surface area contributed by atoms with Crippen LogP contribution in [0.4, 0.5) is 5.69 Å². The summed E-state index contributed by atoms with van der Waals surface area (Å²) in [5, 5.41) is 12.4. The molecule has 8 heteroatoms. The largest absolute Gasteiger partial charge is 0.455 e. The van der Waals surface area contributed by atoms with Crippen molar-refractivity contribution in [3.05, 3.63) is 69.3 Å². The Morgan fingerprint density at radius 2 is 2.15 bits per heavy atom. The normalized spacial score (nSPS) is 12.3. The maximum absolute atomic E-state index is 12.4. The Morgan fingerprint density at radius 3 is 2.93 bits per heavy atom. The SMILES string of the molecule is C[C@H](OC(=O)Cc1c[nH]c2ccc([N+](=O)[O-])cc12)c1nc2ccccc2s1. The summed E-state index contributed by atoms with van der Waals surface area (Å²) in [4.78, 5) is 30.4. The number of non-ortho nitro benzene ring substituents is 1. The summed E-state index contributed by atoms with van der Waals surface area (Å²) < 4.78 is 6.57. The number of esters is 1. The van der Waals surface area contributed by atoms with Crippen molar-refractivity contribution in [1.82, 2.24) is 9.97 Å². The van der Waals surface area contributed by atoms with Gasteiger partial charge in [-0.25, -0.2) is 4.98 Å². The molecule has 2 aromatic carbocycles. The summed E-state index contributed by atoms with van der Waals surface area (Å²) in [6.07, 6.45) is 1.24. The third-order valence-corrected chi connectivity index (χ3v) is 5.46. The summed E-state index contributed by atoms with van der Waals surface area (Å²) >= 11 is 1.49. The van der Waals surface area contributed by atoms with Crippen LogP contribution in [0.25, 0.3) is 21.1 Å². The summed E-state index contributed by atoms with van der Waals surface area (Å²) in [7, 11) is 0. The van der Waals surface area contributed by atoms with E-state index < -0.39 is 17.0 Å². The summed E-state index contributed by atoms with van der Waals surface area (Å²) in [6.45, 7) is 1.79. The molecule has 2 heterocycles. The van der Waals surface area contributed by atoms with Gasteiger partial charge in [-0.15, -0.1) is 11.3 Å². The number of thiazole rings is 1. The third-order valence-electron chi connectivity index (χ3n) is 4.26. The Balaban J connectivity index is 1.51. The number of aromatic nitrogens is 2. The molecular weight excluding hydrogens is 366 g/mol. The Kier molecular flexibility index (Phi) is 4.33. The molecule has 0 bridgehead atoms. The van der Waals surface area contributed by atoms with Gasteiger partial charge in [0.25, 0.3) is 5.69 Å². The third kappa shape index (κ3) is 3.39. The minimum absolute atomic E-state index is 0.0143. The second-order valence-electron chi connectivity index (χ2n) is 6.13. The van der Waals surface area contributed by atoms with Crippen LogP contribution < -0.4 is 0 Å². The van der Waals surface area contributed by atoms with E-state index in [1.807, 2.05) is 24.3 Å². The standard InChI is InChI=1S/C19H15N3O4S/c1-11(19-21-16-4-2-3-5-17(16)27-19)26-18(23)8-12-10-20-15-7-6-13(22(24)25)9-14(12)15/h2-7,9-11,20H,8H2,1H3/t11-/m0/s1. The van der Waals surface area contributed by atoms with Crippen LogP contribution in [0.15, 0.2) is 48.7 Å². The van der Waals surface area contributed by atoms with Gasteiger partial charge in [0.15, 0.2) is 6.10 Å². The maximum Gasteiger partial charge on any atom is 0.311 e. The molecule has 0 aliphatic carbocycles. The van der Waals surface area contributed by atoms with Crippen molar-refractivity contribution in [2.45, 2.75) is 19.4 Å². The number of hydrogen-bond donors (Lipinski definition) is 1. The van der Waals surface area contributed by atoms with E-state index in [9.17, 15) is 14.9 Å². The van der Waals surface area contributed by atoms with Crippen LogP contribution in [0.1, 0.15) is 23.6 Å². The molecule has 0 aliphatic rings. The van der Waals surface area contributed by atoms with E-state index in [-0.39, 0.29) is 12.1 Å². The van der Waals surface area contributed by atoms with Gasteiger partial charge in [-0.3, -0.25) is 14.9 Å². The Labute approximate surface area is 157 Å². The van der Waals surface area contributed by atoms with Crippen LogP contribution in [0, 0.1) is 10.1 Å². The number of aromatic amines is 1. The van der Waals surface area contributed by atoms with Crippen molar-refractivity contribution in [3.8, 4) is 0 Å². The molecule has 0 saturated carbocycles. The maximum atomic E-state index is 12.4. The van der Waals surface area contributed by atoms with Gasteiger partial charge >= 0.3 is 5.97 Å². The highest BCUT2D eigenvalue weighted by molar-refractivity contribution is 7.18. The molecule has 27 heavy (non-hydrogen) atoms. The first-order chi connectivity index (χ1) is 13.0. The molecule has 7 nitrogen and oxygen atoms in total. The predicted molar refractivity (Wildman–Crippen MR) is 103 cm³/mol. The van der Waals surface area contributed by atoms with Crippen molar-refractivity contribution >= 4 is 44.1 Å². The van der Waals surface area contributed by atoms with Gasteiger partial charge in [-0.2, -0.15) is 0 Å². The second kappa shape index (κ2) is 6.81. The number of ether oxygens (including phenoxy) is 1. The lowest BCUT2D eigenvalue weighted by atomic mass is 10.1. The average Bonchev–Trinajstić information content (AvgIpc) is 3.25. The highest BCUT2D eigenvalue weighted by Crippen LogP contribution is 2.29. The predicted octanol–water partition coefficient (Wildman–Crippen LogP) is 4.53. The fourth-order valence-electron chi connectivity index (χ4n) is 2.93. The van der Waals surface area contributed by atoms with Crippen LogP contribution in [0.5, 0.6) is 0 Å². The molecule has 0 aliphatic heterocycles. The van der Waals surface area contributed by atoms with Gasteiger partial charge in [-0.05, 0) is 30.7 Å². The number of H-pyrrole nitrogens is 1. The smallest absolute Gasteiger partial charge is 0.311 e. The minimum atomic E-state index is -0.463. The zero-order valence-corrected chi connectivity index (χ0v) is 15.2. The number of hydrogen-bond acceptors (Lipinski definition) is 6. The molecule has 0 saturated heterocycles. The zero-order chi connectivity index (χ0) is 19.0. The molecule has 0 spiro atoms. The van der Waals surface area contributed by atoms with E-state index in [1.54, 1.807) is 19.2 Å². The Bertz CT molecular complexity index is 1130. The summed E-state index contributed by atoms with van der Waals surface area (Å²) in [5.74, 6) is -0.408. The first-order valence-electron chi connectivity index (χ1n) is 8.30. The Morgan fingerprint density at radius 1 is 1.33 bits per heavy atom. The molecule has 0 radical (unpaired) electrons. The fraction of sp³-hybridized carbons (Fsp3) is 0.158. The molecule has 0 amide bonds. The van der Waals surface area contributed by atoms with Crippen LogP contribution in [-0.4, -0.2) is 20.9 Å². The van der Waals surface area contributed by atoms with E-state index in [2.05, 4.69) is 9.97 Å². The topological polar surface area (TPSA) is 98.1 Å². The lowest BCUT2D eigenvalue weighted by Gasteiger charge is -2.10. The number of carbonyl (C=O) groups excluding carboxylic acids is 1. The summed E-state index contributed by atoms with van der Waals surface area (Å²) in [6, 6.07) is 12.3. The van der Waals surface area contributed by atoms with Gasteiger partial charge in [0.1, 0.15) is 5.01 Å². The number of benzene rings is 2. The first kappa shape index (κ1) is 17.2. The molecule has 136 valence electrons. The quantitative estimate of drug-likeness (QED) is 0.311. The highest BCUT2D eigenvalue weighted by Gasteiger charge is 2.18. The van der Waals surface area contributed by atoms with E-state index in [1.165, 1.54) is 23.5 Å². The van der Waals surface area contributed by atoms with Crippen LogP contribution in [0.2, 0.25) is 0 Å². The first-order valence-corrected chi connectivity index (χ1v) is 9.12. The second-order valence-corrected chi connectivity index (χ2v) is 7.19. The number of nitro groups is 1. The van der Waals surface area contributed by atoms with Crippen molar-refractivity contribution < 1.29 is 14.5 Å². The molecule has 0 unspecified atom stereocenters. The Hall–Kier alpha value is -3.26. The zero-order valence-electron chi connectivity index (χ0n) is 14.3. The van der Waals surface area contributed by atoms with E-state index in [4.69, 9.17) is 4.74 Å². The fourth-order valence-corrected chi connectivity index (χ4v) is 3.88. The number of para-hydroxylation sites is 1. The van der Waals surface area contributed by atoms with Gasteiger partial charge in [0.2, 0.25) is 0 Å². The number of nitro benzene ring substituents is 1. The van der Waals surface area contributed by atoms with Gasteiger partial charge < -0.3 is 9.72 Å². The molecule has 4 rings (SSSR count). The molecule has 2 aromatic heterocycles. The number of rotatable bonds is 5. The molecule has 1 atom stereocenters. The van der Waals surface area contributed by atoms with E-state index >= 15 is 0 Å². The highest BCUT2D eigenvalue weighted by atomic mass is 32.1. The molecule has 4 aromatic rings. The number of fused-ring (bicyclic) bond motifs is 2. The van der Waals surface area contributed by atoms with Gasteiger partial charge in [-0.1, -0.05) is 12.1 Å². The van der Waals surface area contributed by atoms with Crippen molar-refractivity contribution in [3.63, 3.8) is 0 Å². The molecular formula is C19H15N3O4S. The average molecular weight is 381 g/mol. The lowest BCUT2D eigenvalue weighted by Crippen LogP contribution is -2.11. The van der Waals surface area contributed by atoms with Crippen LogP contribution in [0.3, 0.4) is 0 Å². The van der Waals surface area contributed by atoms with Crippen molar-refractivity contribution in [1.29, 1.82) is 0 Å². The molecule has 0 fully saturated rings. The number of nitrogens with one attached hydrogen (secondary N) is 1. The lowest BCUT2D eigenvalue weighted by molar-refractivity contribution is -0.384. The number of carbonyl (C=O) groups is 1. The van der Waals surface area contributed by atoms with Crippen LogP contribution >= 0.6 is 11.3 Å². The summed E-state index contributed by atoms with van der Waals surface area (Å²) in [5.41, 5.74) is 2.27. The van der Waals surface area contributed by atoms with Gasteiger partial charge in [0, 0.05) is 29.2 Å². The van der Waals surface area contributed by atoms with E-state index in [0.717, 1.165) is 20.7 Å².